The molecule has 0 aliphatic rings. The van der Waals surface area contributed by atoms with Crippen LogP contribution in [0.1, 0.15) is 28.6 Å². The first kappa shape index (κ1) is 16.4. The molecule has 0 aliphatic heterocycles. The Morgan fingerprint density at radius 1 is 1.38 bits per heavy atom. The summed E-state index contributed by atoms with van der Waals surface area (Å²) in [7, 11) is 0. The topological polar surface area (TPSA) is 51.8 Å². The van der Waals surface area contributed by atoms with Crippen LogP contribution in [0.3, 0.4) is 0 Å². The molecular weight excluding hydrogens is 341 g/mol. The van der Waals surface area contributed by atoms with Crippen LogP contribution in [0.2, 0.25) is 0 Å². The van der Waals surface area contributed by atoms with Crippen molar-refractivity contribution in [2.75, 3.05) is 0 Å². The van der Waals surface area contributed by atoms with Gasteiger partial charge in [-0.2, -0.15) is 18.3 Å². The SMILES string of the molecule is CC(=NOCc1cccc(C(F)(F)F)c1)c1sc2ncnn2c1C. The Balaban J connectivity index is 1.72. The molecule has 9 heteroatoms. The van der Waals surface area contributed by atoms with E-state index in [-0.39, 0.29) is 6.61 Å². The van der Waals surface area contributed by atoms with Gasteiger partial charge in [-0.3, -0.25) is 0 Å². The smallest absolute Gasteiger partial charge is 0.391 e. The van der Waals surface area contributed by atoms with Crippen molar-refractivity contribution in [3.05, 3.63) is 52.3 Å². The van der Waals surface area contributed by atoms with Crippen LogP contribution in [0.15, 0.2) is 35.7 Å². The molecule has 0 radical (unpaired) electrons. The number of halogens is 3. The average Bonchev–Trinajstić information content (AvgIpc) is 3.10. The van der Waals surface area contributed by atoms with E-state index in [2.05, 4.69) is 15.2 Å². The van der Waals surface area contributed by atoms with Gasteiger partial charge in [0, 0.05) is 0 Å². The van der Waals surface area contributed by atoms with Crippen LogP contribution in [0.5, 0.6) is 0 Å². The van der Waals surface area contributed by atoms with E-state index in [9.17, 15) is 13.2 Å². The third kappa shape index (κ3) is 3.25. The largest absolute Gasteiger partial charge is 0.416 e. The van der Waals surface area contributed by atoms with Gasteiger partial charge in [-0.25, -0.2) is 9.50 Å². The molecule has 0 spiro atoms. The fraction of sp³-hybridized carbons (Fsp3) is 0.267. The van der Waals surface area contributed by atoms with Gasteiger partial charge in [0.15, 0.2) is 0 Å². The molecule has 0 fully saturated rings. The Hall–Kier alpha value is -2.42. The maximum atomic E-state index is 12.7. The summed E-state index contributed by atoms with van der Waals surface area (Å²) in [5, 5.41) is 8.09. The number of thiazole rings is 1. The first-order valence-corrected chi connectivity index (χ1v) is 7.80. The molecule has 2 aromatic heterocycles. The number of hydrogen-bond acceptors (Lipinski definition) is 5. The van der Waals surface area contributed by atoms with Crippen molar-refractivity contribution in [1.29, 1.82) is 0 Å². The Labute approximate surface area is 139 Å². The summed E-state index contributed by atoms with van der Waals surface area (Å²) >= 11 is 1.42. The van der Waals surface area contributed by atoms with Crippen molar-refractivity contribution in [3.8, 4) is 0 Å². The Kier molecular flexibility index (Phi) is 4.27. The lowest BCUT2D eigenvalue weighted by Gasteiger charge is -2.08. The fourth-order valence-corrected chi connectivity index (χ4v) is 3.18. The van der Waals surface area contributed by atoms with Gasteiger partial charge in [0.25, 0.3) is 0 Å². The van der Waals surface area contributed by atoms with Crippen molar-refractivity contribution in [3.63, 3.8) is 0 Å². The van der Waals surface area contributed by atoms with Gasteiger partial charge >= 0.3 is 6.18 Å². The number of fused-ring (bicyclic) bond motifs is 1. The molecule has 0 N–H and O–H groups in total. The third-order valence-electron chi connectivity index (χ3n) is 3.37. The second kappa shape index (κ2) is 6.23. The first-order valence-electron chi connectivity index (χ1n) is 6.98. The maximum absolute atomic E-state index is 12.7. The molecule has 0 unspecified atom stereocenters. The van der Waals surface area contributed by atoms with Crippen LogP contribution in [0, 0.1) is 6.92 Å². The van der Waals surface area contributed by atoms with E-state index in [4.69, 9.17) is 4.84 Å². The van der Waals surface area contributed by atoms with Crippen LogP contribution in [-0.2, 0) is 17.6 Å². The number of alkyl halides is 3. The van der Waals surface area contributed by atoms with Gasteiger partial charge in [0.1, 0.15) is 12.9 Å². The summed E-state index contributed by atoms with van der Waals surface area (Å²) < 4.78 is 39.7. The highest BCUT2D eigenvalue weighted by molar-refractivity contribution is 7.19. The monoisotopic (exact) mass is 354 g/mol. The molecule has 1 aromatic carbocycles. The normalized spacial score (nSPS) is 12.8. The Morgan fingerprint density at radius 3 is 2.88 bits per heavy atom. The van der Waals surface area contributed by atoms with Crippen LogP contribution >= 0.6 is 11.3 Å². The van der Waals surface area contributed by atoms with Crippen molar-refractivity contribution in [2.24, 2.45) is 5.16 Å². The van der Waals surface area contributed by atoms with Crippen molar-refractivity contribution < 1.29 is 18.0 Å². The van der Waals surface area contributed by atoms with E-state index in [0.29, 0.717) is 11.3 Å². The maximum Gasteiger partial charge on any atom is 0.416 e. The summed E-state index contributed by atoms with van der Waals surface area (Å²) in [6.07, 6.45) is -2.90. The quantitative estimate of drug-likeness (QED) is 0.524. The lowest BCUT2D eigenvalue weighted by atomic mass is 10.1. The number of aromatic nitrogens is 3. The molecule has 126 valence electrons. The minimum absolute atomic E-state index is 0.0406. The molecule has 5 nitrogen and oxygen atoms in total. The average molecular weight is 354 g/mol. The fourth-order valence-electron chi connectivity index (χ4n) is 2.21. The minimum Gasteiger partial charge on any atom is -0.391 e. The Bertz CT molecular complexity index is 898. The summed E-state index contributed by atoms with van der Waals surface area (Å²) in [5.74, 6) is 0. The van der Waals surface area contributed by atoms with Gasteiger partial charge in [-0.05, 0) is 31.5 Å². The molecule has 3 aromatic rings. The second-order valence-electron chi connectivity index (χ2n) is 5.12. The van der Waals surface area contributed by atoms with E-state index in [1.807, 2.05) is 6.92 Å². The van der Waals surface area contributed by atoms with Gasteiger partial charge in [0.05, 0.1) is 21.8 Å². The Morgan fingerprint density at radius 2 is 2.17 bits per heavy atom. The zero-order chi connectivity index (χ0) is 17.3. The molecule has 3 rings (SSSR count). The van der Waals surface area contributed by atoms with Gasteiger partial charge in [0.2, 0.25) is 4.96 Å². The van der Waals surface area contributed by atoms with E-state index >= 15 is 0 Å². The molecule has 0 saturated heterocycles. The lowest BCUT2D eigenvalue weighted by molar-refractivity contribution is -0.137. The molecule has 0 saturated carbocycles. The van der Waals surface area contributed by atoms with Crippen LogP contribution in [0.4, 0.5) is 13.2 Å². The molecule has 0 bridgehead atoms. The number of hydrogen-bond donors (Lipinski definition) is 0. The lowest BCUT2D eigenvalue weighted by Crippen LogP contribution is -2.05. The third-order valence-corrected chi connectivity index (χ3v) is 4.63. The molecule has 0 atom stereocenters. The highest BCUT2D eigenvalue weighted by Gasteiger charge is 2.30. The number of oxime groups is 1. The van der Waals surface area contributed by atoms with Crippen molar-refractivity contribution >= 4 is 22.0 Å². The number of benzene rings is 1. The highest BCUT2D eigenvalue weighted by atomic mass is 32.1. The summed E-state index contributed by atoms with van der Waals surface area (Å²) in [4.78, 5) is 10.9. The van der Waals surface area contributed by atoms with Crippen molar-refractivity contribution in [2.45, 2.75) is 26.6 Å². The summed E-state index contributed by atoms with van der Waals surface area (Å²) in [5.41, 5.74) is 1.21. The van der Waals surface area contributed by atoms with Crippen LogP contribution in [0.25, 0.3) is 4.96 Å². The highest BCUT2D eigenvalue weighted by Crippen LogP contribution is 2.29. The molecule has 0 aliphatic carbocycles. The molecule has 24 heavy (non-hydrogen) atoms. The molecular formula is C15H13F3N4OS. The molecule has 2 heterocycles. The molecule has 0 amide bonds. The predicted molar refractivity (Wildman–Crippen MR) is 84.0 cm³/mol. The van der Waals surface area contributed by atoms with Crippen LogP contribution < -0.4 is 0 Å². The summed E-state index contributed by atoms with van der Waals surface area (Å²) in [6, 6.07) is 4.99. The van der Waals surface area contributed by atoms with E-state index in [0.717, 1.165) is 27.7 Å². The van der Waals surface area contributed by atoms with E-state index in [1.165, 1.54) is 23.7 Å². The van der Waals surface area contributed by atoms with Gasteiger partial charge < -0.3 is 4.84 Å². The van der Waals surface area contributed by atoms with Gasteiger partial charge in [-0.15, -0.1) is 0 Å². The predicted octanol–water partition coefficient (Wildman–Crippen LogP) is 4.06. The zero-order valence-corrected chi connectivity index (χ0v) is 13.6. The minimum atomic E-state index is -4.37. The van der Waals surface area contributed by atoms with E-state index in [1.54, 1.807) is 17.5 Å². The first-order chi connectivity index (χ1) is 11.4. The number of rotatable bonds is 4. The zero-order valence-electron chi connectivity index (χ0n) is 12.8. The summed E-state index contributed by atoms with van der Waals surface area (Å²) in [6.45, 7) is 3.62. The number of nitrogens with zero attached hydrogens (tertiary/aromatic N) is 4. The van der Waals surface area contributed by atoms with Crippen molar-refractivity contribution in [1.82, 2.24) is 14.6 Å². The standard InChI is InChI=1S/C15H13F3N4OS/c1-9(13-10(2)22-14(24-13)19-8-20-22)21-23-7-11-4-3-5-12(6-11)15(16,17)18/h3-6,8H,7H2,1-2H3. The van der Waals surface area contributed by atoms with Gasteiger partial charge in [-0.1, -0.05) is 28.6 Å². The second-order valence-corrected chi connectivity index (χ2v) is 6.10. The van der Waals surface area contributed by atoms with E-state index < -0.39 is 11.7 Å². The van der Waals surface area contributed by atoms with Crippen LogP contribution in [-0.4, -0.2) is 20.3 Å². The number of aryl methyl sites for hydroxylation is 1.